The molecule has 0 fully saturated rings. The maximum atomic E-state index is 13.0. The van der Waals surface area contributed by atoms with Crippen molar-refractivity contribution < 1.29 is 17.4 Å². The second kappa shape index (κ2) is 5.44. The maximum absolute atomic E-state index is 13.0. The zero-order chi connectivity index (χ0) is 14.0. The number of rotatable bonds is 3. The van der Waals surface area contributed by atoms with Crippen molar-refractivity contribution in [3.8, 4) is 0 Å². The molecule has 0 aliphatic rings. The fraction of sp³-hybridized carbons (Fsp3) is 0.0769. The summed E-state index contributed by atoms with van der Waals surface area (Å²) >= 11 is 0. The quantitative estimate of drug-likeness (QED) is 0.881. The van der Waals surface area contributed by atoms with Crippen molar-refractivity contribution in [2.45, 2.75) is 10.6 Å². The maximum Gasteiger partial charge on any atom is 0.159 e. The number of hydrogen-bond donors (Lipinski definition) is 1. The van der Waals surface area contributed by atoms with Crippen molar-refractivity contribution in [3.05, 3.63) is 59.4 Å². The molecule has 2 nitrogen and oxygen atoms in total. The minimum atomic E-state index is -1.55. The van der Waals surface area contributed by atoms with Gasteiger partial charge in [-0.1, -0.05) is 6.07 Å². The highest BCUT2D eigenvalue weighted by Crippen LogP contribution is 2.21. The summed E-state index contributed by atoms with van der Waals surface area (Å²) in [5.41, 5.74) is 6.01. The summed E-state index contributed by atoms with van der Waals surface area (Å²) in [5, 5.41) is 0. The van der Waals surface area contributed by atoms with Crippen LogP contribution in [0, 0.1) is 17.5 Å². The average Bonchev–Trinajstić information content (AvgIpc) is 2.33. The molecule has 0 aliphatic heterocycles. The lowest BCUT2D eigenvalue weighted by molar-refractivity contribution is 0.507. The van der Waals surface area contributed by atoms with Crippen LogP contribution >= 0.6 is 0 Å². The standard InChI is InChI=1S/C13H10F3NOS/c14-9-2-4-13(12(17)6-9)19(18)7-8-1-3-10(15)11(16)5-8/h1-6H,7,17H2. The molecular formula is C13H10F3NOS. The second-order valence-electron chi connectivity index (χ2n) is 3.92. The predicted octanol–water partition coefficient (Wildman–Crippen LogP) is 2.99. The molecule has 0 aliphatic carbocycles. The first kappa shape index (κ1) is 13.6. The summed E-state index contributed by atoms with van der Waals surface area (Å²) in [4.78, 5) is 0.270. The van der Waals surface area contributed by atoms with E-state index in [1.807, 2.05) is 0 Å². The Morgan fingerprint density at radius 2 is 1.74 bits per heavy atom. The van der Waals surface area contributed by atoms with Gasteiger partial charge >= 0.3 is 0 Å². The average molecular weight is 285 g/mol. The second-order valence-corrected chi connectivity index (χ2v) is 5.34. The zero-order valence-electron chi connectivity index (χ0n) is 9.70. The molecule has 2 aromatic carbocycles. The summed E-state index contributed by atoms with van der Waals surface area (Å²) < 4.78 is 50.7. The first-order valence-corrected chi connectivity index (χ1v) is 6.66. The van der Waals surface area contributed by atoms with Gasteiger partial charge in [0, 0.05) is 0 Å². The smallest absolute Gasteiger partial charge is 0.159 e. The van der Waals surface area contributed by atoms with Crippen molar-refractivity contribution in [1.29, 1.82) is 0 Å². The van der Waals surface area contributed by atoms with Crippen molar-refractivity contribution >= 4 is 16.5 Å². The van der Waals surface area contributed by atoms with Gasteiger partial charge in [-0.25, -0.2) is 13.2 Å². The lowest BCUT2D eigenvalue weighted by Gasteiger charge is -2.06. The van der Waals surface area contributed by atoms with Crippen LogP contribution in [-0.4, -0.2) is 4.21 Å². The van der Waals surface area contributed by atoms with Crippen LogP contribution < -0.4 is 5.73 Å². The molecule has 0 heterocycles. The topological polar surface area (TPSA) is 43.1 Å². The molecular weight excluding hydrogens is 275 g/mol. The summed E-state index contributed by atoms with van der Waals surface area (Å²) in [6.07, 6.45) is 0. The van der Waals surface area contributed by atoms with Crippen LogP contribution in [0.15, 0.2) is 41.3 Å². The Bertz CT molecular complexity index is 646. The highest BCUT2D eigenvalue weighted by molar-refractivity contribution is 7.84. The van der Waals surface area contributed by atoms with E-state index in [9.17, 15) is 17.4 Å². The Balaban J connectivity index is 2.23. The molecule has 1 atom stereocenters. The number of nitrogen functional groups attached to an aromatic ring is 1. The van der Waals surface area contributed by atoms with Crippen LogP contribution in [0.1, 0.15) is 5.56 Å². The monoisotopic (exact) mass is 285 g/mol. The van der Waals surface area contributed by atoms with E-state index in [-0.39, 0.29) is 16.3 Å². The van der Waals surface area contributed by atoms with E-state index in [0.29, 0.717) is 5.56 Å². The van der Waals surface area contributed by atoms with Crippen LogP contribution in [0.2, 0.25) is 0 Å². The van der Waals surface area contributed by atoms with Gasteiger partial charge in [0.2, 0.25) is 0 Å². The molecule has 6 heteroatoms. The van der Waals surface area contributed by atoms with E-state index >= 15 is 0 Å². The largest absolute Gasteiger partial charge is 0.398 e. The van der Waals surface area contributed by atoms with E-state index < -0.39 is 28.3 Å². The third kappa shape index (κ3) is 3.14. The first-order chi connectivity index (χ1) is 8.97. The van der Waals surface area contributed by atoms with Crippen LogP contribution in [0.4, 0.5) is 18.9 Å². The summed E-state index contributed by atoms with van der Waals surface area (Å²) in [7, 11) is -1.55. The van der Waals surface area contributed by atoms with Crippen LogP contribution in [0.3, 0.4) is 0 Å². The molecule has 2 rings (SSSR count). The molecule has 100 valence electrons. The Morgan fingerprint density at radius 1 is 1.00 bits per heavy atom. The van der Waals surface area contributed by atoms with Crippen molar-refractivity contribution in [2.24, 2.45) is 0 Å². The molecule has 0 spiro atoms. The van der Waals surface area contributed by atoms with Gasteiger partial charge in [-0.15, -0.1) is 0 Å². The Kier molecular flexibility index (Phi) is 3.90. The molecule has 0 aromatic heterocycles. The third-order valence-corrected chi connectivity index (χ3v) is 3.96. The van der Waals surface area contributed by atoms with Gasteiger partial charge in [0.25, 0.3) is 0 Å². The van der Waals surface area contributed by atoms with Crippen LogP contribution in [0.25, 0.3) is 0 Å². The molecule has 1 unspecified atom stereocenters. The SMILES string of the molecule is Nc1cc(F)ccc1S(=O)Cc1ccc(F)c(F)c1. The fourth-order valence-corrected chi connectivity index (χ4v) is 2.76. The number of benzene rings is 2. The summed E-state index contributed by atoms with van der Waals surface area (Å²) in [6, 6.07) is 6.83. The number of halogens is 3. The van der Waals surface area contributed by atoms with Gasteiger partial charge in [-0.05, 0) is 35.9 Å². The number of nitrogens with two attached hydrogens (primary N) is 1. The van der Waals surface area contributed by atoms with Crippen LogP contribution in [-0.2, 0) is 16.6 Å². The highest BCUT2D eigenvalue weighted by Gasteiger charge is 2.11. The van der Waals surface area contributed by atoms with Crippen molar-refractivity contribution in [1.82, 2.24) is 0 Å². The fourth-order valence-electron chi connectivity index (χ4n) is 1.59. The molecule has 19 heavy (non-hydrogen) atoms. The predicted molar refractivity (Wildman–Crippen MR) is 67.3 cm³/mol. The summed E-state index contributed by atoms with van der Waals surface area (Å²) in [5.74, 6) is -2.50. The normalized spacial score (nSPS) is 12.4. The van der Waals surface area contributed by atoms with E-state index in [1.165, 1.54) is 12.1 Å². The third-order valence-electron chi connectivity index (χ3n) is 2.50. The van der Waals surface area contributed by atoms with E-state index in [1.54, 1.807) is 0 Å². The molecule has 2 N–H and O–H groups in total. The van der Waals surface area contributed by atoms with Gasteiger partial charge in [0.15, 0.2) is 11.6 Å². The van der Waals surface area contributed by atoms with E-state index in [0.717, 1.165) is 24.3 Å². The molecule has 0 radical (unpaired) electrons. The van der Waals surface area contributed by atoms with E-state index in [2.05, 4.69) is 0 Å². The molecule has 2 aromatic rings. The molecule has 0 bridgehead atoms. The molecule has 0 amide bonds. The van der Waals surface area contributed by atoms with Gasteiger partial charge < -0.3 is 5.73 Å². The Morgan fingerprint density at radius 3 is 2.37 bits per heavy atom. The summed E-state index contributed by atoms with van der Waals surface area (Å²) in [6.45, 7) is 0. The first-order valence-electron chi connectivity index (χ1n) is 5.34. The number of hydrogen-bond acceptors (Lipinski definition) is 2. The Labute approximate surface area is 110 Å². The number of anilines is 1. The highest BCUT2D eigenvalue weighted by atomic mass is 32.2. The van der Waals surface area contributed by atoms with Crippen LogP contribution in [0.5, 0.6) is 0 Å². The molecule has 0 saturated carbocycles. The minimum absolute atomic E-state index is 0.0208. The van der Waals surface area contributed by atoms with Gasteiger partial charge in [-0.3, -0.25) is 4.21 Å². The van der Waals surface area contributed by atoms with Gasteiger partial charge in [0.05, 0.1) is 27.1 Å². The Hall–Kier alpha value is -1.82. The van der Waals surface area contributed by atoms with E-state index in [4.69, 9.17) is 5.73 Å². The van der Waals surface area contributed by atoms with Gasteiger partial charge in [0.1, 0.15) is 5.82 Å². The van der Waals surface area contributed by atoms with Crippen molar-refractivity contribution in [3.63, 3.8) is 0 Å². The minimum Gasteiger partial charge on any atom is -0.398 e. The molecule has 0 saturated heterocycles. The zero-order valence-corrected chi connectivity index (χ0v) is 10.5. The lowest BCUT2D eigenvalue weighted by atomic mass is 10.2. The van der Waals surface area contributed by atoms with Crippen molar-refractivity contribution in [2.75, 3.05) is 5.73 Å². The lowest BCUT2D eigenvalue weighted by Crippen LogP contribution is -2.02. The van der Waals surface area contributed by atoms with Gasteiger partial charge in [-0.2, -0.15) is 0 Å².